The van der Waals surface area contributed by atoms with Crippen LogP contribution in [0, 0.1) is 12.3 Å². The third-order valence-electron chi connectivity index (χ3n) is 3.94. The molecule has 0 aromatic carbocycles. The lowest BCUT2D eigenvalue weighted by Crippen LogP contribution is -2.33. The van der Waals surface area contributed by atoms with E-state index in [4.69, 9.17) is 5.73 Å². The van der Waals surface area contributed by atoms with Crippen LogP contribution in [0.2, 0.25) is 0 Å². The SMILES string of the molecule is CCn1nc(C)c(N)c1NCC(CC)(CC)CO. The highest BCUT2D eigenvalue weighted by Gasteiger charge is 2.26. The van der Waals surface area contributed by atoms with Gasteiger partial charge in [-0.2, -0.15) is 5.10 Å². The highest BCUT2D eigenvalue weighted by atomic mass is 16.3. The Hall–Kier alpha value is -1.23. The Bertz CT molecular complexity index is 374. The van der Waals surface area contributed by atoms with Crippen LogP contribution >= 0.6 is 0 Å². The van der Waals surface area contributed by atoms with Crippen LogP contribution in [0.5, 0.6) is 0 Å². The first-order valence-corrected chi connectivity index (χ1v) is 6.71. The van der Waals surface area contributed by atoms with Gasteiger partial charge in [0.15, 0.2) is 0 Å². The van der Waals surface area contributed by atoms with Crippen molar-refractivity contribution in [1.82, 2.24) is 9.78 Å². The van der Waals surface area contributed by atoms with Crippen LogP contribution in [0.25, 0.3) is 0 Å². The Kier molecular flexibility index (Phi) is 5.02. The van der Waals surface area contributed by atoms with Gasteiger partial charge < -0.3 is 16.2 Å². The van der Waals surface area contributed by atoms with Crippen LogP contribution in [-0.4, -0.2) is 28.0 Å². The number of nitrogens with zero attached hydrogens (tertiary/aromatic N) is 2. The molecule has 0 saturated carbocycles. The molecular weight excluding hydrogens is 228 g/mol. The summed E-state index contributed by atoms with van der Waals surface area (Å²) in [5.74, 6) is 0.870. The molecule has 0 radical (unpaired) electrons. The van der Waals surface area contributed by atoms with Gasteiger partial charge in [0.25, 0.3) is 0 Å². The molecule has 0 aliphatic carbocycles. The summed E-state index contributed by atoms with van der Waals surface area (Å²) in [5.41, 5.74) is 7.50. The lowest BCUT2D eigenvalue weighted by Gasteiger charge is -2.30. The van der Waals surface area contributed by atoms with Crippen molar-refractivity contribution in [3.8, 4) is 0 Å². The third-order valence-corrected chi connectivity index (χ3v) is 3.94. The van der Waals surface area contributed by atoms with Crippen LogP contribution in [0.4, 0.5) is 11.5 Å². The maximum atomic E-state index is 9.56. The van der Waals surface area contributed by atoms with Gasteiger partial charge in [-0.3, -0.25) is 0 Å². The molecule has 1 heterocycles. The molecule has 0 bridgehead atoms. The van der Waals surface area contributed by atoms with Crippen LogP contribution in [0.15, 0.2) is 0 Å². The number of rotatable bonds is 7. The summed E-state index contributed by atoms with van der Waals surface area (Å²) in [6, 6.07) is 0. The molecule has 18 heavy (non-hydrogen) atoms. The normalized spacial score (nSPS) is 11.8. The van der Waals surface area contributed by atoms with E-state index in [1.807, 2.05) is 18.5 Å². The van der Waals surface area contributed by atoms with Crippen molar-refractivity contribution in [3.05, 3.63) is 5.69 Å². The number of aryl methyl sites for hydroxylation is 2. The molecule has 4 N–H and O–H groups in total. The fraction of sp³-hybridized carbons (Fsp3) is 0.769. The summed E-state index contributed by atoms with van der Waals surface area (Å²) in [7, 11) is 0. The Morgan fingerprint density at radius 2 is 1.94 bits per heavy atom. The van der Waals surface area contributed by atoms with E-state index in [9.17, 15) is 5.11 Å². The first kappa shape index (κ1) is 14.8. The molecule has 0 amide bonds. The Balaban J connectivity index is 2.85. The molecule has 1 aromatic heterocycles. The zero-order chi connectivity index (χ0) is 13.8. The van der Waals surface area contributed by atoms with Gasteiger partial charge in [0.1, 0.15) is 5.82 Å². The topological polar surface area (TPSA) is 76.1 Å². The van der Waals surface area contributed by atoms with Crippen molar-refractivity contribution in [1.29, 1.82) is 0 Å². The first-order chi connectivity index (χ1) is 8.53. The van der Waals surface area contributed by atoms with Crippen LogP contribution < -0.4 is 11.1 Å². The van der Waals surface area contributed by atoms with E-state index < -0.39 is 0 Å². The largest absolute Gasteiger partial charge is 0.396 e. The zero-order valence-corrected chi connectivity index (χ0v) is 12.0. The molecule has 5 nitrogen and oxygen atoms in total. The second-order valence-electron chi connectivity index (χ2n) is 4.88. The van der Waals surface area contributed by atoms with E-state index in [1.54, 1.807) is 0 Å². The summed E-state index contributed by atoms with van der Waals surface area (Å²) >= 11 is 0. The van der Waals surface area contributed by atoms with Gasteiger partial charge in [-0.05, 0) is 26.7 Å². The molecule has 104 valence electrons. The fourth-order valence-corrected chi connectivity index (χ4v) is 2.06. The maximum Gasteiger partial charge on any atom is 0.148 e. The number of hydrogen-bond acceptors (Lipinski definition) is 4. The van der Waals surface area contributed by atoms with E-state index in [-0.39, 0.29) is 12.0 Å². The quantitative estimate of drug-likeness (QED) is 0.695. The molecule has 1 rings (SSSR count). The lowest BCUT2D eigenvalue weighted by atomic mass is 9.83. The number of aliphatic hydroxyl groups is 1. The van der Waals surface area contributed by atoms with Gasteiger partial charge in [-0.1, -0.05) is 13.8 Å². The van der Waals surface area contributed by atoms with Crippen molar-refractivity contribution >= 4 is 11.5 Å². The number of hydrogen-bond donors (Lipinski definition) is 3. The number of aliphatic hydroxyl groups excluding tert-OH is 1. The van der Waals surface area contributed by atoms with E-state index in [2.05, 4.69) is 24.3 Å². The Morgan fingerprint density at radius 3 is 2.39 bits per heavy atom. The minimum absolute atomic E-state index is 0.0802. The van der Waals surface area contributed by atoms with Gasteiger partial charge in [-0.15, -0.1) is 0 Å². The standard InChI is InChI=1S/C13H26N4O/c1-5-13(6-2,9-18)8-15-12-11(14)10(4)16-17(12)7-3/h15,18H,5-9,14H2,1-4H3. The average molecular weight is 254 g/mol. The second-order valence-corrected chi connectivity index (χ2v) is 4.88. The van der Waals surface area contributed by atoms with Crippen molar-refractivity contribution < 1.29 is 5.11 Å². The lowest BCUT2D eigenvalue weighted by molar-refractivity contribution is 0.127. The molecule has 1 aromatic rings. The van der Waals surface area contributed by atoms with Gasteiger partial charge >= 0.3 is 0 Å². The fourth-order valence-electron chi connectivity index (χ4n) is 2.06. The number of nitrogens with two attached hydrogens (primary N) is 1. The summed E-state index contributed by atoms with van der Waals surface area (Å²) in [6.45, 7) is 9.84. The van der Waals surface area contributed by atoms with Crippen molar-refractivity contribution in [2.45, 2.75) is 47.1 Å². The highest BCUT2D eigenvalue weighted by molar-refractivity contribution is 5.64. The number of anilines is 2. The number of nitrogens with one attached hydrogen (secondary N) is 1. The second kappa shape index (κ2) is 6.09. The van der Waals surface area contributed by atoms with Crippen molar-refractivity contribution in [2.24, 2.45) is 5.41 Å². The zero-order valence-electron chi connectivity index (χ0n) is 12.0. The third kappa shape index (κ3) is 2.77. The number of aromatic nitrogens is 2. The smallest absolute Gasteiger partial charge is 0.148 e. The minimum Gasteiger partial charge on any atom is -0.396 e. The van der Waals surface area contributed by atoms with E-state index in [0.29, 0.717) is 12.2 Å². The highest BCUT2D eigenvalue weighted by Crippen LogP contribution is 2.28. The predicted octanol–water partition coefficient (Wildman–Crippen LogP) is 2.00. The monoisotopic (exact) mass is 254 g/mol. The van der Waals surface area contributed by atoms with E-state index >= 15 is 0 Å². The Labute approximate surface area is 109 Å². The van der Waals surface area contributed by atoms with Crippen LogP contribution in [0.3, 0.4) is 0 Å². The summed E-state index contributed by atoms with van der Waals surface area (Å²) in [6.07, 6.45) is 1.87. The molecule has 0 aliphatic heterocycles. The maximum absolute atomic E-state index is 9.56. The molecule has 0 fully saturated rings. The van der Waals surface area contributed by atoms with Crippen LogP contribution in [0.1, 0.15) is 39.3 Å². The average Bonchev–Trinajstić information content (AvgIpc) is 2.68. The molecule has 0 saturated heterocycles. The minimum atomic E-state index is -0.0802. The summed E-state index contributed by atoms with van der Waals surface area (Å²) in [4.78, 5) is 0. The van der Waals surface area contributed by atoms with E-state index in [1.165, 1.54) is 0 Å². The van der Waals surface area contributed by atoms with Gasteiger partial charge in [0.2, 0.25) is 0 Å². The summed E-state index contributed by atoms with van der Waals surface area (Å²) < 4.78 is 1.87. The van der Waals surface area contributed by atoms with Crippen molar-refractivity contribution in [3.63, 3.8) is 0 Å². The number of nitrogen functional groups attached to an aromatic ring is 1. The molecule has 5 heteroatoms. The molecule has 0 aliphatic rings. The molecule has 0 spiro atoms. The Morgan fingerprint density at radius 1 is 1.33 bits per heavy atom. The van der Waals surface area contributed by atoms with Crippen molar-refractivity contribution in [2.75, 3.05) is 24.2 Å². The van der Waals surface area contributed by atoms with Crippen LogP contribution in [-0.2, 0) is 6.54 Å². The first-order valence-electron chi connectivity index (χ1n) is 6.71. The van der Waals surface area contributed by atoms with Gasteiger partial charge in [0, 0.05) is 18.5 Å². The predicted molar refractivity (Wildman–Crippen MR) is 75.6 cm³/mol. The molecular formula is C13H26N4O. The van der Waals surface area contributed by atoms with Gasteiger partial charge in [-0.25, -0.2) is 4.68 Å². The molecule has 0 atom stereocenters. The summed E-state index contributed by atoms with van der Waals surface area (Å²) in [5, 5.41) is 17.3. The van der Waals surface area contributed by atoms with E-state index in [0.717, 1.165) is 30.9 Å². The molecule has 0 unspecified atom stereocenters. The van der Waals surface area contributed by atoms with Gasteiger partial charge in [0.05, 0.1) is 18.0 Å².